The van der Waals surface area contributed by atoms with Crippen molar-refractivity contribution >= 4 is 34.3 Å². The van der Waals surface area contributed by atoms with Gasteiger partial charge in [-0.2, -0.15) is 0 Å². The van der Waals surface area contributed by atoms with Gasteiger partial charge in [-0.3, -0.25) is 0 Å². The Morgan fingerprint density at radius 3 is 2.50 bits per heavy atom. The first-order valence-corrected chi connectivity index (χ1v) is 9.75. The number of para-hydroxylation sites is 1. The molecule has 0 aliphatic carbocycles. The molecule has 0 unspecified atom stereocenters. The normalized spacial score (nSPS) is 11.2. The average Bonchev–Trinajstić information content (AvgIpc) is 2.99. The van der Waals surface area contributed by atoms with Gasteiger partial charge in [-0.15, -0.1) is 11.8 Å². The summed E-state index contributed by atoms with van der Waals surface area (Å²) in [4.78, 5) is 1.23. The van der Waals surface area contributed by atoms with Crippen LogP contribution >= 0.6 is 23.4 Å². The van der Waals surface area contributed by atoms with Gasteiger partial charge in [0.1, 0.15) is 5.82 Å². The first-order chi connectivity index (χ1) is 12.7. The van der Waals surface area contributed by atoms with E-state index in [9.17, 15) is 4.39 Å². The number of rotatable bonds is 5. The lowest BCUT2D eigenvalue weighted by atomic mass is 10.2. The quantitative estimate of drug-likeness (QED) is 0.345. The van der Waals surface area contributed by atoms with Crippen molar-refractivity contribution in [3.8, 4) is 0 Å². The molecule has 0 aliphatic heterocycles. The monoisotopic (exact) mass is 381 g/mol. The Labute approximate surface area is 161 Å². The largest absolute Gasteiger partial charge is 0.342 e. The third-order valence-electron chi connectivity index (χ3n) is 4.30. The van der Waals surface area contributed by atoms with E-state index in [-0.39, 0.29) is 5.82 Å². The van der Waals surface area contributed by atoms with E-state index in [1.807, 2.05) is 24.3 Å². The molecule has 0 spiro atoms. The number of thioether (sulfide) groups is 1. The molecule has 0 amide bonds. The Bertz CT molecular complexity index is 1040. The van der Waals surface area contributed by atoms with Gasteiger partial charge in [0.05, 0.1) is 0 Å². The van der Waals surface area contributed by atoms with Crippen LogP contribution in [0.15, 0.2) is 83.9 Å². The molecule has 4 aromatic rings. The zero-order valence-corrected chi connectivity index (χ0v) is 15.6. The first kappa shape index (κ1) is 17.2. The van der Waals surface area contributed by atoms with Crippen molar-refractivity contribution in [1.29, 1.82) is 0 Å². The molecule has 0 atom stereocenters. The van der Waals surface area contributed by atoms with Crippen LogP contribution in [0.2, 0.25) is 5.02 Å². The summed E-state index contributed by atoms with van der Waals surface area (Å²) in [5.41, 5.74) is 3.36. The maximum Gasteiger partial charge on any atom is 0.123 e. The van der Waals surface area contributed by atoms with E-state index < -0.39 is 0 Å². The summed E-state index contributed by atoms with van der Waals surface area (Å²) in [6, 6.07) is 23.1. The van der Waals surface area contributed by atoms with Crippen molar-refractivity contribution in [2.75, 3.05) is 0 Å². The number of halogens is 2. The summed E-state index contributed by atoms with van der Waals surface area (Å²) in [5.74, 6) is 0.682. The Morgan fingerprint density at radius 1 is 0.885 bits per heavy atom. The predicted octanol–water partition coefficient (Wildman–Crippen LogP) is 6.77. The molecule has 0 fully saturated rings. The van der Waals surface area contributed by atoms with Gasteiger partial charge in [0.15, 0.2) is 0 Å². The number of hydrogen-bond acceptors (Lipinski definition) is 1. The van der Waals surface area contributed by atoms with Gasteiger partial charge in [-0.25, -0.2) is 4.39 Å². The highest BCUT2D eigenvalue weighted by atomic mass is 35.5. The van der Waals surface area contributed by atoms with Crippen molar-refractivity contribution in [2.45, 2.75) is 17.2 Å². The van der Waals surface area contributed by atoms with E-state index in [4.69, 9.17) is 11.6 Å². The zero-order valence-electron chi connectivity index (χ0n) is 14.0. The summed E-state index contributed by atoms with van der Waals surface area (Å²) >= 11 is 7.77. The topological polar surface area (TPSA) is 4.93 Å². The zero-order chi connectivity index (χ0) is 17.9. The molecule has 0 aliphatic rings. The lowest BCUT2D eigenvalue weighted by Gasteiger charge is -2.05. The second-order valence-corrected chi connectivity index (χ2v) is 7.64. The minimum absolute atomic E-state index is 0.198. The molecule has 0 N–H and O–H groups in total. The number of fused-ring (bicyclic) bond motifs is 1. The summed E-state index contributed by atoms with van der Waals surface area (Å²) < 4.78 is 15.7. The number of benzene rings is 3. The van der Waals surface area contributed by atoms with Crippen LogP contribution in [-0.2, 0) is 12.3 Å². The van der Waals surface area contributed by atoms with Crippen molar-refractivity contribution in [1.82, 2.24) is 4.57 Å². The molecule has 4 heteroatoms. The van der Waals surface area contributed by atoms with Crippen LogP contribution in [0, 0.1) is 5.82 Å². The second kappa shape index (κ2) is 7.56. The minimum Gasteiger partial charge on any atom is -0.342 e. The summed E-state index contributed by atoms with van der Waals surface area (Å²) in [5, 5.41) is 1.98. The van der Waals surface area contributed by atoms with E-state index in [1.165, 1.54) is 21.9 Å². The molecule has 130 valence electrons. The predicted molar refractivity (Wildman–Crippen MR) is 108 cm³/mol. The smallest absolute Gasteiger partial charge is 0.123 e. The van der Waals surface area contributed by atoms with Crippen LogP contribution in [0.5, 0.6) is 0 Å². The number of aromatic nitrogens is 1. The molecule has 1 aromatic heterocycles. The van der Waals surface area contributed by atoms with Crippen LogP contribution in [0.25, 0.3) is 10.9 Å². The highest BCUT2D eigenvalue weighted by Gasteiger charge is 2.09. The Balaban J connectivity index is 1.62. The van der Waals surface area contributed by atoms with Gasteiger partial charge in [0.25, 0.3) is 0 Å². The highest BCUT2D eigenvalue weighted by Crippen LogP contribution is 2.32. The fraction of sp³-hybridized carbons (Fsp3) is 0.0909. The van der Waals surface area contributed by atoms with Gasteiger partial charge in [-0.05, 0) is 41.5 Å². The standard InChI is InChI=1S/C22H17ClFNS/c23-18-10-8-16(9-11-18)15-26-22-14-25(21-7-2-1-6-20(21)22)13-17-4-3-5-19(24)12-17/h1-12,14H,13,15H2. The number of nitrogens with zero attached hydrogens (tertiary/aromatic N) is 1. The fourth-order valence-electron chi connectivity index (χ4n) is 3.03. The van der Waals surface area contributed by atoms with Crippen molar-refractivity contribution in [3.05, 3.63) is 101 Å². The summed E-state index contributed by atoms with van der Waals surface area (Å²) in [6.07, 6.45) is 2.16. The lowest BCUT2D eigenvalue weighted by Crippen LogP contribution is -1.98. The molecular formula is C22H17ClFNS. The van der Waals surface area contributed by atoms with Crippen molar-refractivity contribution < 1.29 is 4.39 Å². The SMILES string of the molecule is Fc1cccc(Cn2cc(SCc3ccc(Cl)cc3)c3ccccc32)c1. The van der Waals surface area contributed by atoms with Crippen LogP contribution in [-0.4, -0.2) is 4.57 Å². The van der Waals surface area contributed by atoms with E-state index in [2.05, 4.69) is 41.1 Å². The van der Waals surface area contributed by atoms with Crippen molar-refractivity contribution in [3.63, 3.8) is 0 Å². The maximum atomic E-state index is 13.5. The van der Waals surface area contributed by atoms with Gasteiger partial charge >= 0.3 is 0 Å². The molecule has 0 radical (unpaired) electrons. The highest BCUT2D eigenvalue weighted by molar-refractivity contribution is 7.98. The molecule has 0 saturated heterocycles. The molecule has 0 saturated carbocycles. The summed E-state index contributed by atoms with van der Waals surface area (Å²) in [6.45, 7) is 0.653. The van der Waals surface area contributed by atoms with Crippen LogP contribution in [0.4, 0.5) is 4.39 Å². The third-order valence-corrected chi connectivity index (χ3v) is 5.67. The Morgan fingerprint density at radius 2 is 1.69 bits per heavy atom. The summed E-state index contributed by atoms with van der Waals surface area (Å²) in [7, 11) is 0. The molecule has 1 nitrogen and oxygen atoms in total. The fourth-order valence-corrected chi connectivity index (χ4v) is 4.20. The Hall–Kier alpha value is -2.23. The van der Waals surface area contributed by atoms with E-state index >= 15 is 0 Å². The van der Waals surface area contributed by atoms with Gasteiger partial charge in [-0.1, -0.05) is 54.1 Å². The second-order valence-electron chi connectivity index (χ2n) is 6.18. The van der Waals surface area contributed by atoms with Crippen LogP contribution in [0.1, 0.15) is 11.1 Å². The lowest BCUT2D eigenvalue weighted by molar-refractivity contribution is 0.624. The molecule has 3 aromatic carbocycles. The van der Waals surface area contributed by atoms with E-state index in [1.54, 1.807) is 23.9 Å². The van der Waals surface area contributed by atoms with E-state index in [0.29, 0.717) is 6.54 Å². The molecular weight excluding hydrogens is 365 g/mol. The van der Waals surface area contributed by atoms with Gasteiger partial charge in [0.2, 0.25) is 0 Å². The maximum absolute atomic E-state index is 13.5. The van der Waals surface area contributed by atoms with E-state index in [0.717, 1.165) is 21.9 Å². The number of hydrogen-bond donors (Lipinski definition) is 0. The molecule has 4 rings (SSSR count). The Kier molecular flexibility index (Phi) is 5.00. The van der Waals surface area contributed by atoms with Gasteiger partial charge in [0, 0.05) is 39.3 Å². The molecule has 0 bridgehead atoms. The van der Waals surface area contributed by atoms with Crippen LogP contribution in [0.3, 0.4) is 0 Å². The first-order valence-electron chi connectivity index (χ1n) is 8.38. The third kappa shape index (κ3) is 3.79. The molecule has 26 heavy (non-hydrogen) atoms. The minimum atomic E-state index is -0.198. The molecule has 1 heterocycles. The van der Waals surface area contributed by atoms with Crippen LogP contribution < -0.4 is 0 Å². The average molecular weight is 382 g/mol. The van der Waals surface area contributed by atoms with Crippen molar-refractivity contribution in [2.24, 2.45) is 0 Å². The van der Waals surface area contributed by atoms with Gasteiger partial charge < -0.3 is 4.57 Å².